The third-order valence-corrected chi connectivity index (χ3v) is 8.31. The van der Waals surface area contributed by atoms with Crippen molar-refractivity contribution in [2.75, 3.05) is 13.1 Å². The van der Waals surface area contributed by atoms with Crippen molar-refractivity contribution in [1.82, 2.24) is 4.31 Å². The first-order chi connectivity index (χ1) is 17.2. The number of sulfonamides is 1. The van der Waals surface area contributed by atoms with Gasteiger partial charge in [-0.1, -0.05) is 54.5 Å². The number of hydrogen-bond donors (Lipinski definition) is 4. The zero-order valence-electron chi connectivity index (χ0n) is 19.7. The molecule has 4 rings (SSSR count). The zero-order valence-corrected chi connectivity index (χ0v) is 22.3. The van der Waals surface area contributed by atoms with Gasteiger partial charge in [-0.15, -0.1) is 0 Å². The van der Waals surface area contributed by atoms with E-state index >= 15 is 0 Å². The number of oxime groups is 2. The van der Waals surface area contributed by atoms with Crippen molar-refractivity contribution in [2.24, 2.45) is 22.1 Å². The van der Waals surface area contributed by atoms with Crippen molar-refractivity contribution in [3.63, 3.8) is 0 Å². The molecule has 1 aliphatic carbocycles. The van der Waals surface area contributed by atoms with Gasteiger partial charge in [-0.05, 0) is 30.4 Å². The number of hydrogen-bond acceptors (Lipinski definition) is 8. The van der Waals surface area contributed by atoms with Gasteiger partial charge in [0.05, 0.1) is 4.90 Å². The molecule has 37 heavy (non-hydrogen) atoms. The van der Waals surface area contributed by atoms with E-state index in [4.69, 9.17) is 0 Å². The van der Waals surface area contributed by atoms with Crippen molar-refractivity contribution in [3.8, 4) is 0 Å². The second-order valence-corrected chi connectivity index (χ2v) is 13.3. The highest BCUT2D eigenvalue weighted by Gasteiger charge is 2.35. The first-order valence-electron chi connectivity index (χ1n) is 11.0. The summed E-state index contributed by atoms with van der Waals surface area (Å²) in [6.45, 7) is 4.60. The minimum Gasteiger partial charge on any atom is -0.292 e. The van der Waals surface area contributed by atoms with Gasteiger partial charge in [-0.3, -0.25) is 28.8 Å². The molecular formula is C21H25N3O10P2S. The average Bonchev–Trinajstić information content (AvgIpc) is 2.78. The fourth-order valence-corrected chi connectivity index (χ4v) is 6.69. The minimum absolute atomic E-state index is 0.0479. The topological polar surface area (TPSA) is 196 Å². The van der Waals surface area contributed by atoms with E-state index in [1.54, 1.807) is 12.1 Å². The van der Waals surface area contributed by atoms with Crippen LogP contribution >= 0.6 is 15.6 Å². The second-order valence-electron chi connectivity index (χ2n) is 9.05. The molecule has 1 fully saturated rings. The summed E-state index contributed by atoms with van der Waals surface area (Å²) < 4.78 is 60.0. The average molecular weight is 573 g/mol. The highest BCUT2D eigenvalue weighted by atomic mass is 32.2. The Balaban J connectivity index is 1.91. The monoisotopic (exact) mass is 573 g/mol. The molecule has 2 aromatic rings. The zero-order chi connectivity index (χ0) is 27.2. The number of benzene rings is 2. The SMILES string of the molecule is CC1CC(C)CN(S(=O)(=O)c2ccc3c(c2)/C(=N/OP(=O)(O)O)c2ccccc2/C3=N/OP(=O)(O)O)C1. The lowest BCUT2D eigenvalue weighted by Crippen LogP contribution is -2.42. The molecular weight excluding hydrogens is 548 g/mol. The Labute approximate surface area is 212 Å². The van der Waals surface area contributed by atoms with Crippen LogP contribution in [0.2, 0.25) is 0 Å². The minimum atomic E-state index is -5.06. The second kappa shape index (κ2) is 10.0. The van der Waals surface area contributed by atoms with Crippen LogP contribution in [0.15, 0.2) is 57.7 Å². The molecule has 0 spiro atoms. The fraction of sp³-hybridized carbons (Fsp3) is 0.333. The van der Waals surface area contributed by atoms with Gasteiger partial charge in [0.2, 0.25) is 10.0 Å². The predicted octanol–water partition coefficient (Wildman–Crippen LogP) is 2.39. The molecule has 200 valence electrons. The van der Waals surface area contributed by atoms with Crippen molar-refractivity contribution < 1.29 is 46.4 Å². The van der Waals surface area contributed by atoms with E-state index in [0.29, 0.717) is 13.1 Å². The van der Waals surface area contributed by atoms with Gasteiger partial charge in [0.15, 0.2) is 0 Å². The maximum atomic E-state index is 13.5. The molecule has 1 heterocycles. The molecule has 0 radical (unpaired) electrons. The van der Waals surface area contributed by atoms with Gasteiger partial charge in [-0.25, -0.2) is 17.5 Å². The summed E-state index contributed by atoms with van der Waals surface area (Å²) >= 11 is 0. The van der Waals surface area contributed by atoms with Crippen LogP contribution in [-0.4, -0.2) is 56.8 Å². The van der Waals surface area contributed by atoms with Crippen molar-refractivity contribution in [1.29, 1.82) is 0 Å². The maximum Gasteiger partial charge on any atom is 0.545 e. The van der Waals surface area contributed by atoms with E-state index in [1.165, 1.54) is 34.6 Å². The molecule has 2 unspecified atom stereocenters. The van der Waals surface area contributed by atoms with Crippen molar-refractivity contribution in [2.45, 2.75) is 25.2 Å². The molecule has 1 saturated heterocycles. The molecule has 0 saturated carbocycles. The van der Waals surface area contributed by atoms with Gasteiger partial charge in [0.1, 0.15) is 11.4 Å². The van der Waals surface area contributed by atoms with E-state index in [0.717, 1.165) is 6.42 Å². The van der Waals surface area contributed by atoms with Gasteiger partial charge in [0, 0.05) is 35.3 Å². The van der Waals surface area contributed by atoms with Crippen LogP contribution in [0.25, 0.3) is 0 Å². The van der Waals surface area contributed by atoms with E-state index < -0.39 is 25.7 Å². The summed E-state index contributed by atoms with van der Waals surface area (Å²) in [6, 6.07) is 10.1. The van der Waals surface area contributed by atoms with Gasteiger partial charge in [0.25, 0.3) is 0 Å². The Morgan fingerprint density at radius 2 is 1.27 bits per heavy atom. The number of phosphoric acid groups is 2. The lowest BCUT2D eigenvalue weighted by Gasteiger charge is -2.34. The Morgan fingerprint density at radius 3 is 1.76 bits per heavy atom. The first kappa shape index (κ1) is 27.6. The van der Waals surface area contributed by atoms with Gasteiger partial charge < -0.3 is 0 Å². The normalized spacial score (nSPS) is 23.0. The molecule has 4 N–H and O–H groups in total. The summed E-state index contributed by atoms with van der Waals surface area (Å²) in [5.74, 6) is 0.306. The maximum absolute atomic E-state index is 13.5. The quantitative estimate of drug-likeness (QED) is 0.251. The van der Waals surface area contributed by atoms with Gasteiger partial charge in [-0.2, -0.15) is 4.31 Å². The van der Waals surface area contributed by atoms with Crippen molar-refractivity contribution in [3.05, 3.63) is 64.7 Å². The smallest absolute Gasteiger partial charge is 0.292 e. The largest absolute Gasteiger partial charge is 0.545 e. The van der Waals surface area contributed by atoms with Gasteiger partial charge >= 0.3 is 15.6 Å². The van der Waals surface area contributed by atoms with E-state index in [9.17, 15) is 37.1 Å². The van der Waals surface area contributed by atoms with Crippen LogP contribution < -0.4 is 0 Å². The van der Waals surface area contributed by atoms with Crippen LogP contribution in [0.5, 0.6) is 0 Å². The molecule has 2 aromatic carbocycles. The molecule has 16 heteroatoms. The summed E-state index contributed by atoms with van der Waals surface area (Å²) in [7, 11) is -14.0. The lowest BCUT2D eigenvalue weighted by molar-refractivity contribution is 0.203. The Bertz CT molecular complexity index is 1470. The summed E-state index contributed by atoms with van der Waals surface area (Å²) in [6.07, 6.45) is 0.892. The van der Waals surface area contributed by atoms with E-state index in [2.05, 4.69) is 19.6 Å². The Hall–Kier alpha value is -2.41. The van der Waals surface area contributed by atoms with E-state index in [1.807, 2.05) is 13.8 Å². The molecule has 0 aromatic heterocycles. The van der Waals surface area contributed by atoms with E-state index in [-0.39, 0.29) is 50.4 Å². The third kappa shape index (κ3) is 6.19. The lowest BCUT2D eigenvalue weighted by atomic mass is 9.83. The highest BCUT2D eigenvalue weighted by molar-refractivity contribution is 7.89. The molecule has 13 nitrogen and oxygen atoms in total. The molecule has 2 atom stereocenters. The standard InChI is InChI=1S/C21H25N3O10P2S/c1-13-9-14(2)12-24(11-13)37(31,32)15-7-8-18-19(10-15)21(23-34-36(28,29)30)17-6-4-3-5-16(17)20(18)22-33-35(25,26)27/h3-8,10,13-14H,9,11-12H2,1-2H3,(H2,25,26,27)(H2,28,29,30)/b22-20-,23-21+. The molecule has 0 bridgehead atoms. The van der Waals surface area contributed by atoms with Crippen LogP contribution in [0.3, 0.4) is 0 Å². The summed E-state index contributed by atoms with van der Waals surface area (Å²) in [5.41, 5.74) is 0.519. The molecule has 0 amide bonds. The summed E-state index contributed by atoms with van der Waals surface area (Å²) in [4.78, 5) is 36.7. The van der Waals surface area contributed by atoms with Crippen LogP contribution in [-0.2, 0) is 28.4 Å². The molecule has 1 aliphatic heterocycles. The fourth-order valence-electron chi connectivity index (χ4n) is 4.61. The predicted molar refractivity (Wildman–Crippen MR) is 132 cm³/mol. The number of piperidine rings is 1. The highest BCUT2D eigenvalue weighted by Crippen LogP contribution is 2.40. The van der Waals surface area contributed by atoms with Crippen LogP contribution in [0.4, 0.5) is 0 Å². The number of rotatable bonds is 6. The first-order valence-corrected chi connectivity index (χ1v) is 15.5. The Kier molecular flexibility index (Phi) is 7.50. The van der Waals surface area contributed by atoms with Crippen LogP contribution in [0.1, 0.15) is 42.5 Å². The number of fused-ring (bicyclic) bond motifs is 2. The number of nitrogens with zero attached hydrogens (tertiary/aromatic N) is 3. The third-order valence-electron chi connectivity index (χ3n) is 5.89. The van der Waals surface area contributed by atoms with Crippen LogP contribution in [0, 0.1) is 11.8 Å². The Morgan fingerprint density at radius 1 is 0.811 bits per heavy atom. The summed E-state index contributed by atoms with van der Waals surface area (Å²) in [5, 5.41) is 7.26. The van der Waals surface area contributed by atoms with Crippen molar-refractivity contribution >= 4 is 37.1 Å². The molecule has 2 aliphatic rings.